The molecule has 0 unspecified atom stereocenters. The molecule has 0 atom stereocenters. The number of nitrogens with zero attached hydrogens (tertiary/aromatic N) is 1. The minimum Gasteiger partial charge on any atom is -0.450 e. The van der Waals surface area contributed by atoms with Crippen LogP contribution in [0.2, 0.25) is 0 Å². The van der Waals surface area contributed by atoms with Gasteiger partial charge in [-0.05, 0) is 12.1 Å². The summed E-state index contributed by atoms with van der Waals surface area (Å²) in [6.45, 7) is 0. The van der Waals surface area contributed by atoms with E-state index in [4.69, 9.17) is 16.3 Å². The van der Waals surface area contributed by atoms with Gasteiger partial charge in [0.15, 0.2) is 5.76 Å². The Kier molecular flexibility index (Phi) is 3.08. The maximum Gasteiger partial charge on any atom is 0.230 e. The number of allylic oxidation sites excluding steroid dienone is 2. The third-order valence-corrected chi connectivity index (χ3v) is 3.22. The molecule has 0 saturated heterocycles. The number of aromatic nitrogens is 1. The van der Waals surface area contributed by atoms with Gasteiger partial charge < -0.3 is 4.74 Å². The summed E-state index contributed by atoms with van der Waals surface area (Å²) in [4.78, 5) is 28.3. The monoisotopic (exact) mass is 285 g/mol. The number of halogens is 1. The Morgan fingerprint density at radius 1 is 0.950 bits per heavy atom. The highest BCUT2D eigenvalue weighted by atomic mass is 35.5. The van der Waals surface area contributed by atoms with Crippen molar-refractivity contribution in [3.05, 3.63) is 70.7 Å². The van der Waals surface area contributed by atoms with Crippen molar-refractivity contribution in [3.63, 3.8) is 0 Å². The lowest BCUT2D eigenvalue weighted by molar-refractivity contribution is 0.0943. The summed E-state index contributed by atoms with van der Waals surface area (Å²) in [6, 6.07) is 9.80. The maximum absolute atomic E-state index is 12.3. The zero-order valence-electron chi connectivity index (χ0n) is 10.2. The number of ketones is 2. The minimum atomic E-state index is -0.416. The minimum absolute atomic E-state index is 0.164. The molecule has 0 saturated carbocycles. The first-order valence-corrected chi connectivity index (χ1v) is 6.22. The van der Waals surface area contributed by atoms with Crippen molar-refractivity contribution in [2.45, 2.75) is 0 Å². The van der Waals surface area contributed by atoms with Gasteiger partial charge in [0, 0.05) is 17.3 Å². The number of hydrogen-bond donors (Lipinski definition) is 0. The average Bonchev–Trinajstić information content (AvgIpc) is 2.50. The molecule has 0 radical (unpaired) electrons. The lowest BCUT2D eigenvalue weighted by Gasteiger charge is -2.17. The van der Waals surface area contributed by atoms with Crippen LogP contribution >= 0.6 is 11.6 Å². The van der Waals surface area contributed by atoms with Gasteiger partial charge in [0.2, 0.25) is 11.6 Å². The second-order valence-corrected chi connectivity index (χ2v) is 4.52. The molecule has 5 heteroatoms. The van der Waals surface area contributed by atoms with E-state index in [1.807, 2.05) is 0 Å². The number of benzene rings is 1. The second kappa shape index (κ2) is 4.90. The van der Waals surface area contributed by atoms with Crippen LogP contribution in [0.3, 0.4) is 0 Å². The Hall–Kier alpha value is -2.46. The van der Waals surface area contributed by atoms with Gasteiger partial charge in [-0.15, -0.1) is 0 Å². The van der Waals surface area contributed by atoms with Crippen molar-refractivity contribution in [2.24, 2.45) is 0 Å². The molecule has 1 aromatic carbocycles. The van der Waals surface area contributed by atoms with Gasteiger partial charge in [0.25, 0.3) is 0 Å². The van der Waals surface area contributed by atoms with E-state index in [-0.39, 0.29) is 10.8 Å². The number of fused-ring (bicyclic) bond motifs is 1. The van der Waals surface area contributed by atoms with Crippen LogP contribution in [0.15, 0.2) is 59.6 Å². The Morgan fingerprint density at radius 2 is 1.65 bits per heavy atom. The van der Waals surface area contributed by atoms with Gasteiger partial charge in [-0.3, -0.25) is 14.6 Å². The van der Waals surface area contributed by atoms with Crippen LogP contribution in [0.25, 0.3) is 0 Å². The van der Waals surface area contributed by atoms with E-state index in [2.05, 4.69) is 4.98 Å². The van der Waals surface area contributed by atoms with Crippen LogP contribution in [-0.2, 0) is 0 Å². The summed E-state index contributed by atoms with van der Waals surface area (Å²) in [5, 5.41) is -0.211. The fourth-order valence-electron chi connectivity index (χ4n) is 1.94. The van der Waals surface area contributed by atoms with Crippen molar-refractivity contribution >= 4 is 23.2 Å². The van der Waals surface area contributed by atoms with Crippen molar-refractivity contribution in [1.29, 1.82) is 0 Å². The molecule has 1 aliphatic carbocycles. The van der Waals surface area contributed by atoms with Crippen molar-refractivity contribution in [1.82, 2.24) is 4.98 Å². The van der Waals surface area contributed by atoms with E-state index >= 15 is 0 Å². The highest BCUT2D eigenvalue weighted by molar-refractivity contribution is 6.49. The van der Waals surface area contributed by atoms with Gasteiger partial charge in [-0.2, -0.15) is 0 Å². The molecule has 20 heavy (non-hydrogen) atoms. The van der Waals surface area contributed by atoms with Crippen LogP contribution in [-0.4, -0.2) is 16.6 Å². The summed E-state index contributed by atoms with van der Waals surface area (Å²) < 4.78 is 5.42. The standard InChI is InChI=1S/C15H8ClNO3/c16-12-13(18)10-5-1-2-6-11(10)14(19)15(12)20-9-4-3-7-17-8-9/h1-8H. The number of carbonyl (C=O) groups excluding carboxylic acids is 2. The molecule has 0 fully saturated rings. The van der Waals surface area contributed by atoms with E-state index in [0.29, 0.717) is 16.9 Å². The smallest absolute Gasteiger partial charge is 0.230 e. The second-order valence-electron chi connectivity index (χ2n) is 4.14. The summed E-state index contributed by atoms with van der Waals surface area (Å²) in [7, 11) is 0. The average molecular weight is 286 g/mol. The molecule has 0 spiro atoms. The van der Waals surface area contributed by atoms with Gasteiger partial charge >= 0.3 is 0 Å². The molecule has 4 nitrogen and oxygen atoms in total. The predicted molar refractivity (Wildman–Crippen MR) is 72.8 cm³/mol. The maximum atomic E-state index is 12.3. The molecule has 0 N–H and O–H groups in total. The van der Waals surface area contributed by atoms with E-state index in [9.17, 15) is 9.59 Å². The first-order valence-electron chi connectivity index (χ1n) is 5.84. The first kappa shape index (κ1) is 12.6. The van der Waals surface area contributed by atoms with Gasteiger partial charge in [-0.1, -0.05) is 35.9 Å². The zero-order chi connectivity index (χ0) is 14.1. The third kappa shape index (κ3) is 2.00. The molecule has 0 aliphatic heterocycles. The van der Waals surface area contributed by atoms with Crippen LogP contribution in [0.1, 0.15) is 20.7 Å². The molecule has 1 aliphatic rings. The highest BCUT2D eigenvalue weighted by Crippen LogP contribution is 2.29. The normalized spacial score (nSPS) is 14.2. The zero-order valence-corrected chi connectivity index (χ0v) is 10.9. The number of pyridine rings is 1. The first-order chi connectivity index (χ1) is 9.68. The van der Waals surface area contributed by atoms with E-state index in [0.717, 1.165) is 0 Å². The lowest BCUT2D eigenvalue weighted by atomic mass is 9.93. The van der Waals surface area contributed by atoms with E-state index < -0.39 is 11.6 Å². The molecule has 98 valence electrons. The van der Waals surface area contributed by atoms with E-state index in [1.165, 1.54) is 6.20 Å². The highest BCUT2D eigenvalue weighted by Gasteiger charge is 2.32. The number of rotatable bonds is 2. The van der Waals surface area contributed by atoms with Crippen molar-refractivity contribution in [2.75, 3.05) is 0 Å². The van der Waals surface area contributed by atoms with Crippen LogP contribution in [0.4, 0.5) is 0 Å². The molecule has 3 rings (SSSR count). The van der Waals surface area contributed by atoms with Gasteiger partial charge in [0.05, 0.1) is 6.20 Å². The Balaban J connectivity index is 2.06. The number of Topliss-reactive ketones (excluding diaryl/α,β-unsaturated/α-hetero) is 2. The number of hydrogen-bond acceptors (Lipinski definition) is 4. The van der Waals surface area contributed by atoms with Crippen LogP contribution < -0.4 is 4.74 Å². The molecule has 0 amide bonds. The predicted octanol–water partition coefficient (Wildman–Crippen LogP) is 2.99. The van der Waals surface area contributed by atoms with E-state index in [1.54, 1.807) is 42.6 Å². The fraction of sp³-hybridized carbons (Fsp3) is 0. The topological polar surface area (TPSA) is 56.3 Å². The molecule has 0 bridgehead atoms. The fourth-order valence-corrected chi connectivity index (χ4v) is 2.17. The summed E-state index contributed by atoms with van der Waals surface area (Å²) in [5.74, 6) is -0.639. The van der Waals surface area contributed by atoms with Gasteiger partial charge in [0.1, 0.15) is 10.8 Å². The molecular weight excluding hydrogens is 278 g/mol. The van der Waals surface area contributed by atoms with Crippen molar-refractivity contribution in [3.8, 4) is 5.75 Å². The Bertz CT molecular complexity index is 738. The summed E-state index contributed by atoms with van der Waals surface area (Å²) in [6.07, 6.45) is 3.02. The summed E-state index contributed by atoms with van der Waals surface area (Å²) >= 11 is 5.97. The SMILES string of the molecule is O=C1C(Cl)=C(Oc2cccnc2)C(=O)c2ccccc21. The Morgan fingerprint density at radius 3 is 2.30 bits per heavy atom. The number of carbonyl (C=O) groups is 2. The molecular formula is C15H8ClNO3. The van der Waals surface area contributed by atoms with Gasteiger partial charge in [-0.25, -0.2) is 0 Å². The van der Waals surface area contributed by atoms with Crippen LogP contribution in [0, 0.1) is 0 Å². The quantitative estimate of drug-likeness (QED) is 0.851. The Labute approximate surface area is 119 Å². The largest absolute Gasteiger partial charge is 0.450 e. The molecule has 1 heterocycles. The number of ether oxygens (including phenoxy) is 1. The third-order valence-electron chi connectivity index (χ3n) is 2.88. The summed E-state index contributed by atoms with van der Waals surface area (Å²) in [5.41, 5.74) is 0.585. The molecule has 2 aromatic rings. The van der Waals surface area contributed by atoms with Crippen molar-refractivity contribution < 1.29 is 14.3 Å². The van der Waals surface area contributed by atoms with Crippen LogP contribution in [0.5, 0.6) is 5.75 Å². The lowest BCUT2D eigenvalue weighted by Crippen LogP contribution is -2.23. The molecule has 1 aromatic heterocycles.